The molecular formula is C17H13NO3. The van der Waals surface area contributed by atoms with Crippen molar-refractivity contribution < 1.29 is 9.66 Å². The second-order valence-corrected chi connectivity index (χ2v) is 4.69. The lowest BCUT2D eigenvalue weighted by atomic mass is 10.1. The van der Waals surface area contributed by atoms with E-state index in [0.29, 0.717) is 5.75 Å². The molecule has 4 heteroatoms. The number of fused-ring (bicyclic) bond motifs is 1. The zero-order valence-electron chi connectivity index (χ0n) is 11.2. The summed E-state index contributed by atoms with van der Waals surface area (Å²) in [6.45, 7) is 0. The molecule has 104 valence electrons. The monoisotopic (exact) mass is 279 g/mol. The van der Waals surface area contributed by atoms with Crippen molar-refractivity contribution in [3.05, 3.63) is 81.9 Å². The fourth-order valence-electron chi connectivity index (χ4n) is 2.14. The number of nitro groups is 1. The van der Waals surface area contributed by atoms with Crippen molar-refractivity contribution in [3.63, 3.8) is 0 Å². The molecular weight excluding hydrogens is 266 g/mol. The number of benzene rings is 2. The normalized spacial score (nSPS) is 16.5. The van der Waals surface area contributed by atoms with Crippen molar-refractivity contribution in [2.75, 3.05) is 0 Å². The van der Waals surface area contributed by atoms with Crippen molar-refractivity contribution in [2.45, 2.75) is 6.10 Å². The fraction of sp³-hybridized carbons (Fsp3) is 0.0588. The van der Waals surface area contributed by atoms with E-state index in [1.165, 1.54) is 12.1 Å². The molecule has 0 bridgehead atoms. The minimum Gasteiger partial charge on any atom is -0.482 e. The number of hydrogen-bond donors (Lipinski definition) is 0. The molecule has 2 aromatic rings. The topological polar surface area (TPSA) is 52.4 Å². The number of rotatable bonds is 3. The first-order valence-electron chi connectivity index (χ1n) is 6.59. The van der Waals surface area contributed by atoms with E-state index in [-0.39, 0.29) is 11.8 Å². The lowest BCUT2D eigenvalue weighted by Crippen LogP contribution is -2.13. The summed E-state index contributed by atoms with van der Waals surface area (Å²) in [7, 11) is 0. The lowest BCUT2D eigenvalue weighted by Gasteiger charge is -2.18. The van der Waals surface area contributed by atoms with Crippen LogP contribution in [0.4, 0.5) is 5.69 Å². The van der Waals surface area contributed by atoms with Crippen LogP contribution in [0.5, 0.6) is 5.75 Å². The largest absolute Gasteiger partial charge is 0.482 e. The Balaban J connectivity index is 1.77. The molecule has 0 aliphatic carbocycles. The Morgan fingerprint density at radius 2 is 1.95 bits per heavy atom. The van der Waals surface area contributed by atoms with Crippen molar-refractivity contribution >= 4 is 17.8 Å². The number of nitro benzene ring substituents is 1. The zero-order chi connectivity index (χ0) is 14.7. The minimum atomic E-state index is -0.407. The number of ether oxygens (including phenoxy) is 1. The summed E-state index contributed by atoms with van der Waals surface area (Å²) in [6, 6.07) is 14.6. The highest BCUT2D eigenvalue weighted by molar-refractivity contribution is 5.64. The third-order valence-electron chi connectivity index (χ3n) is 3.21. The average molecular weight is 279 g/mol. The molecule has 0 N–H and O–H groups in total. The molecule has 1 heterocycles. The van der Waals surface area contributed by atoms with Gasteiger partial charge < -0.3 is 4.74 Å². The average Bonchev–Trinajstić information content (AvgIpc) is 2.53. The SMILES string of the molecule is O=[N+]([O-])c1ccc2c(c1)C=CC(/C=C/c1ccccc1)O2. The Morgan fingerprint density at radius 3 is 2.71 bits per heavy atom. The molecule has 4 nitrogen and oxygen atoms in total. The van der Waals surface area contributed by atoms with Gasteiger partial charge in [0.2, 0.25) is 0 Å². The lowest BCUT2D eigenvalue weighted by molar-refractivity contribution is -0.384. The molecule has 1 aliphatic heterocycles. The predicted octanol–water partition coefficient (Wildman–Crippen LogP) is 4.08. The third-order valence-corrected chi connectivity index (χ3v) is 3.21. The van der Waals surface area contributed by atoms with Crippen LogP contribution in [0.25, 0.3) is 12.2 Å². The molecule has 1 atom stereocenters. The van der Waals surface area contributed by atoms with Crippen molar-refractivity contribution in [3.8, 4) is 5.75 Å². The van der Waals surface area contributed by atoms with Gasteiger partial charge in [0.1, 0.15) is 11.9 Å². The third kappa shape index (κ3) is 3.00. The Kier molecular flexibility index (Phi) is 3.51. The van der Waals surface area contributed by atoms with E-state index < -0.39 is 4.92 Å². The quantitative estimate of drug-likeness (QED) is 0.628. The molecule has 1 unspecified atom stereocenters. The smallest absolute Gasteiger partial charge is 0.270 e. The van der Waals surface area contributed by atoms with Gasteiger partial charge in [-0.15, -0.1) is 0 Å². The molecule has 0 radical (unpaired) electrons. The summed E-state index contributed by atoms with van der Waals surface area (Å²) < 4.78 is 5.79. The molecule has 2 aromatic carbocycles. The van der Waals surface area contributed by atoms with Gasteiger partial charge >= 0.3 is 0 Å². The molecule has 21 heavy (non-hydrogen) atoms. The number of nitrogens with zero attached hydrogens (tertiary/aromatic N) is 1. The molecule has 0 fully saturated rings. The maximum absolute atomic E-state index is 10.7. The number of non-ortho nitro benzene ring substituents is 1. The summed E-state index contributed by atoms with van der Waals surface area (Å²) in [5.74, 6) is 0.658. The van der Waals surface area contributed by atoms with Crippen molar-refractivity contribution in [1.29, 1.82) is 0 Å². The van der Waals surface area contributed by atoms with Crippen LogP contribution < -0.4 is 4.74 Å². The minimum absolute atomic E-state index is 0.0697. The van der Waals surface area contributed by atoms with Gasteiger partial charge in [-0.05, 0) is 23.8 Å². The standard InChI is InChI=1S/C17H13NO3/c19-18(20)15-8-11-17-14(12-15)7-10-16(21-17)9-6-13-4-2-1-3-5-13/h1-12,16H/b9-6+. The first-order valence-corrected chi connectivity index (χ1v) is 6.59. The van der Waals surface area contributed by atoms with E-state index in [0.717, 1.165) is 11.1 Å². The molecule has 0 aromatic heterocycles. The second-order valence-electron chi connectivity index (χ2n) is 4.69. The first kappa shape index (κ1) is 13.1. The highest BCUT2D eigenvalue weighted by Gasteiger charge is 2.15. The highest BCUT2D eigenvalue weighted by Crippen LogP contribution is 2.30. The van der Waals surface area contributed by atoms with Crippen LogP contribution >= 0.6 is 0 Å². The van der Waals surface area contributed by atoms with Crippen LogP contribution in [0.15, 0.2) is 60.7 Å². The van der Waals surface area contributed by atoms with Gasteiger partial charge in [0.25, 0.3) is 5.69 Å². The van der Waals surface area contributed by atoms with Gasteiger partial charge in [0, 0.05) is 17.7 Å². The Hall–Kier alpha value is -2.88. The summed E-state index contributed by atoms with van der Waals surface area (Å²) in [5.41, 5.74) is 1.90. The van der Waals surface area contributed by atoms with E-state index in [1.54, 1.807) is 6.07 Å². The van der Waals surface area contributed by atoms with Gasteiger partial charge in [-0.3, -0.25) is 10.1 Å². The zero-order valence-corrected chi connectivity index (χ0v) is 11.2. The van der Waals surface area contributed by atoms with E-state index in [1.807, 2.05) is 54.6 Å². The van der Waals surface area contributed by atoms with Crippen LogP contribution in [0.3, 0.4) is 0 Å². The van der Waals surface area contributed by atoms with E-state index in [4.69, 9.17) is 4.74 Å². The van der Waals surface area contributed by atoms with Gasteiger partial charge in [-0.2, -0.15) is 0 Å². The maximum Gasteiger partial charge on any atom is 0.270 e. The van der Waals surface area contributed by atoms with Crippen LogP contribution in [-0.4, -0.2) is 11.0 Å². The van der Waals surface area contributed by atoms with Gasteiger partial charge in [-0.25, -0.2) is 0 Å². The molecule has 0 saturated heterocycles. The van der Waals surface area contributed by atoms with E-state index in [9.17, 15) is 10.1 Å². The first-order chi connectivity index (χ1) is 10.2. The summed E-state index contributed by atoms with van der Waals surface area (Å²) in [6.07, 6.45) is 7.51. The van der Waals surface area contributed by atoms with E-state index in [2.05, 4.69) is 0 Å². The predicted molar refractivity (Wildman–Crippen MR) is 82.0 cm³/mol. The van der Waals surface area contributed by atoms with Crippen molar-refractivity contribution in [2.24, 2.45) is 0 Å². The molecule has 0 amide bonds. The van der Waals surface area contributed by atoms with Gasteiger partial charge in [0.15, 0.2) is 0 Å². The molecule has 0 spiro atoms. The van der Waals surface area contributed by atoms with Gasteiger partial charge in [0.05, 0.1) is 4.92 Å². The highest BCUT2D eigenvalue weighted by atomic mass is 16.6. The van der Waals surface area contributed by atoms with Crippen LogP contribution in [0.2, 0.25) is 0 Å². The van der Waals surface area contributed by atoms with Crippen LogP contribution in [0, 0.1) is 10.1 Å². The molecule has 3 rings (SSSR count). The molecule has 0 saturated carbocycles. The number of hydrogen-bond acceptors (Lipinski definition) is 3. The van der Waals surface area contributed by atoms with E-state index >= 15 is 0 Å². The summed E-state index contributed by atoms with van der Waals surface area (Å²) in [4.78, 5) is 10.3. The second kappa shape index (κ2) is 5.63. The van der Waals surface area contributed by atoms with Crippen LogP contribution in [0.1, 0.15) is 11.1 Å². The summed E-state index contributed by atoms with van der Waals surface area (Å²) in [5, 5.41) is 10.7. The summed E-state index contributed by atoms with van der Waals surface area (Å²) >= 11 is 0. The maximum atomic E-state index is 10.7. The Bertz CT molecular complexity index is 720. The van der Waals surface area contributed by atoms with Gasteiger partial charge in [-0.1, -0.05) is 42.5 Å². The Morgan fingerprint density at radius 1 is 1.14 bits per heavy atom. The fourth-order valence-corrected chi connectivity index (χ4v) is 2.14. The Labute approximate surface area is 122 Å². The van der Waals surface area contributed by atoms with Crippen molar-refractivity contribution in [1.82, 2.24) is 0 Å². The van der Waals surface area contributed by atoms with Crippen LogP contribution in [-0.2, 0) is 0 Å². The molecule has 1 aliphatic rings.